The van der Waals surface area contributed by atoms with E-state index < -0.39 is 6.10 Å². The maximum Gasteiger partial charge on any atom is 0.350 e. The zero-order chi connectivity index (χ0) is 15.4. The van der Waals surface area contributed by atoms with E-state index in [1.54, 1.807) is 13.1 Å². The van der Waals surface area contributed by atoms with Gasteiger partial charge in [-0.2, -0.15) is 0 Å². The van der Waals surface area contributed by atoms with Crippen LogP contribution in [0.2, 0.25) is 0 Å². The van der Waals surface area contributed by atoms with Crippen LogP contribution in [0.5, 0.6) is 0 Å². The average Bonchev–Trinajstić information content (AvgIpc) is 3.06. The van der Waals surface area contributed by atoms with Gasteiger partial charge in [-0.05, 0) is 29.7 Å². The van der Waals surface area contributed by atoms with Crippen molar-refractivity contribution < 1.29 is 14.4 Å². The Morgan fingerprint density at radius 2 is 2.00 bits per heavy atom. The van der Waals surface area contributed by atoms with E-state index >= 15 is 0 Å². The Hall–Kier alpha value is -2.69. The molecular formula is C17H16N2O3. The van der Waals surface area contributed by atoms with Gasteiger partial charge in [-0.1, -0.05) is 35.5 Å². The number of oxime groups is 1. The summed E-state index contributed by atoms with van der Waals surface area (Å²) in [6.07, 6.45) is 3.37. The zero-order valence-corrected chi connectivity index (χ0v) is 12.2. The monoisotopic (exact) mass is 296 g/mol. The molecule has 2 aromatic rings. The van der Waals surface area contributed by atoms with Crippen molar-refractivity contribution in [2.24, 2.45) is 5.16 Å². The van der Waals surface area contributed by atoms with Gasteiger partial charge in [-0.15, -0.1) is 0 Å². The Morgan fingerprint density at radius 3 is 2.68 bits per heavy atom. The van der Waals surface area contributed by atoms with E-state index in [1.165, 1.54) is 0 Å². The molecule has 0 N–H and O–H groups in total. The lowest BCUT2D eigenvalue weighted by molar-refractivity contribution is -0.154. The van der Waals surface area contributed by atoms with Gasteiger partial charge in [0.05, 0.1) is 12.3 Å². The van der Waals surface area contributed by atoms with E-state index in [4.69, 9.17) is 9.57 Å². The molecule has 3 rings (SSSR count). The first-order chi connectivity index (χ1) is 10.8. The molecule has 0 saturated carbocycles. The number of pyridine rings is 1. The third-order valence-corrected chi connectivity index (χ3v) is 3.43. The van der Waals surface area contributed by atoms with Crippen LogP contribution < -0.4 is 0 Å². The van der Waals surface area contributed by atoms with Gasteiger partial charge in [0.2, 0.25) is 6.10 Å². The molecule has 1 aliphatic rings. The van der Waals surface area contributed by atoms with Gasteiger partial charge in [-0.25, -0.2) is 4.79 Å². The lowest BCUT2D eigenvalue weighted by Crippen LogP contribution is -2.23. The molecule has 0 fully saturated rings. The largest absolute Gasteiger partial charge is 0.463 e. The van der Waals surface area contributed by atoms with Gasteiger partial charge >= 0.3 is 5.97 Å². The normalized spacial score (nSPS) is 16.8. The number of hydrogen-bond acceptors (Lipinski definition) is 5. The number of carbonyl (C=O) groups excluding carboxylic acids is 1. The van der Waals surface area contributed by atoms with E-state index in [9.17, 15) is 4.79 Å². The summed E-state index contributed by atoms with van der Waals surface area (Å²) in [7, 11) is 0. The van der Waals surface area contributed by atoms with Crippen LogP contribution in [0.4, 0.5) is 0 Å². The third kappa shape index (κ3) is 2.98. The summed E-state index contributed by atoms with van der Waals surface area (Å²) in [5.41, 5.74) is 3.84. The van der Waals surface area contributed by atoms with Crippen molar-refractivity contribution in [1.29, 1.82) is 0 Å². The molecule has 1 atom stereocenters. The van der Waals surface area contributed by atoms with Crippen molar-refractivity contribution in [2.75, 3.05) is 6.61 Å². The van der Waals surface area contributed by atoms with Crippen LogP contribution in [-0.4, -0.2) is 29.4 Å². The molecule has 112 valence electrons. The first kappa shape index (κ1) is 14.3. The molecular weight excluding hydrogens is 280 g/mol. The second kappa shape index (κ2) is 6.39. The van der Waals surface area contributed by atoms with E-state index in [0.29, 0.717) is 13.0 Å². The predicted molar refractivity (Wildman–Crippen MR) is 82.3 cm³/mol. The van der Waals surface area contributed by atoms with Crippen molar-refractivity contribution in [3.63, 3.8) is 0 Å². The minimum absolute atomic E-state index is 0.341. The number of ether oxygens (including phenoxy) is 1. The van der Waals surface area contributed by atoms with Crippen molar-refractivity contribution >= 4 is 11.7 Å². The molecule has 5 nitrogen and oxygen atoms in total. The molecule has 0 aliphatic carbocycles. The molecule has 0 bridgehead atoms. The fourth-order valence-electron chi connectivity index (χ4n) is 2.30. The van der Waals surface area contributed by atoms with Crippen molar-refractivity contribution in [1.82, 2.24) is 4.98 Å². The number of rotatable bonds is 4. The SMILES string of the molecule is CCOC(=O)C1CC(c2ccc(-c3cccnc3)cc2)=NO1. The van der Waals surface area contributed by atoms with Gasteiger partial charge < -0.3 is 9.57 Å². The fourth-order valence-corrected chi connectivity index (χ4v) is 2.30. The average molecular weight is 296 g/mol. The van der Waals surface area contributed by atoms with Crippen molar-refractivity contribution in [3.8, 4) is 11.1 Å². The molecule has 22 heavy (non-hydrogen) atoms. The Labute approximate surface area is 128 Å². The first-order valence-electron chi connectivity index (χ1n) is 7.18. The maximum absolute atomic E-state index is 11.6. The lowest BCUT2D eigenvalue weighted by Gasteiger charge is -2.06. The summed E-state index contributed by atoms with van der Waals surface area (Å²) in [4.78, 5) is 20.9. The van der Waals surface area contributed by atoms with Crippen molar-refractivity contribution in [2.45, 2.75) is 19.4 Å². The third-order valence-electron chi connectivity index (χ3n) is 3.43. The zero-order valence-electron chi connectivity index (χ0n) is 12.2. The smallest absolute Gasteiger partial charge is 0.350 e. The van der Waals surface area contributed by atoms with E-state index in [1.807, 2.05) is 42.6 Å². The highest BCUT2D eigenvalue weighted by atomic mass is 16.7. The number of hydrogen-bond donors (Lipinski definition) is 0. The molecule has 0 spiro atoms. The molecule has 5 heteroatoms. The summed E-state index contributed by atoms with van der Waals surface area (Å²) in [5.74, 6) is -0.367. The second-order valence-electron chi connectivity index (χ2n) is 4.91. The summed E-state index contributed by atoms with van der Waals surface area (Å²) in [6, 6.07) is 11.9. The summed E-state index contributed by atoms with van der Waals surface area (Å²) < 4.78 is 4.94. The highest BCUT2D eigenvalue weighted by Crippen LogP contribution is 2.22. The minimum atomic E-state index is -0.632. The quantitative estimate of drug-likeness (QED) is 0.814. The molecule has 1 aromatic carbocycles. The van der Waals surface area contributed by atoms with Gasteiger partial charge in [0, 0.05) is 18.8 Å². The summed E-state index contributed by atoms with van der Waals surface area (Å²) in [5, 5.41) is 4.00. The molecule has 0 amide bonds. The Balaban J connectivity index is 1.71. The summed E-state index contributed by atoms with van der Waals surface area (Å²) in [6.45, 7) is 2.11. The molecule has 1 aromatic heterocycles. The predicted octanol–water partition coefficient (Wildman–Crippen LogP) is 2.80. The standard InChI is InChI=1S/C17H16N2O3/c1-2-21-17(20)16-10-15(19-22-16)13-7-5-12(6-8-13)14-4-3-9-18-11-14/h3-9,11,16H,2,10H2,1H3. The van der Waals surface area contributed by atoms with Gasteiger partial charge in [0.1, 0.15) is 0 Å². The van der Waals surface area contributed by atoms with Gasteiger partial charge in [-0.3, -0.25) is 4.98 Å². The number of benzene rings is 1. The highest BCUT2D eigenvalue weighted by molar-refractivity contribution is 6.03. The van der Waals surface area contributed by atoms with Crippen LogP contribution in [0.15, 0.2) is 53.9 Å². The maximum atomic E-state index is 11.6. The molecule has 0 radical (unpaired) electrons. The Morgan fingerprint density at radius 1 is 1.23 bits per heavy atom. The van der Waals surface area contributed by atoms with Crippen LogP contribution in [0, 0.1) is 0 Å². The molecule has 1 aliphatic heterocycles. The molecule has 0 saturated heterocycles. The van der Waals surface area contributed by atoms with Crippen molar-refractivity contribution in [3.05, 3.63) is 54.4 Å². The number of carbonyl (C=O) groups is 1. The molecule has 2 heterocycles. The fraction of sp³-hybridized carbons (Fsp3) is 0.235. The van der Waals surface area contributed by atoms with Crippen LogP contribution >= 0.6 is 0 Å². The van der Waals surface area contributed by atoms with E-state index in [2.05, 4.69) is 10.1 Å². The van der Waals surface area contributed by atoms with E-state index in [0.717, 1.165) is 22.4 Å². The second-order valence-corrected chi connectivity index (χ2v) is 4.91. The first-order valence-corrected chi connectivity index (χ1v) is 7.18. The van der Waals surface area contributed by atoms with E-state index in [-0.39, 0.29) is 5.97 Å². The number of esters is 1. The number of nitrogens with zero attached hydrogens (tertiary/aromatic N) is 2. The van der Waals surface area contributed by atoms with Gasteiger partial charge in [0.25, 0.3) is 0 Å². The van der Waals surface area contributed by atoms with Crippen LogP contribution in [0.25, 0.3) is 11.1 Å². The Kier molecular flexibility index (Phi) is 4.14. The highest BCUT2D eigenvalue weighted by Gasteiger charge is 2.29. The minimum Gasteiger partial charge on any atom is -0.463 e. The van der Waals surface area contributed by atoms with Crippen LogP contribution in [0.1, 0.15) is 18.9 Å². The summed E-state index contributed by atoms with van der Waals surface area (Å²) >= 11 is 0. The topological polar surface area (TPSA) is 60.8 Å². The van der Waals surface area contributed by atoms with Gasteiger partial charge in [0.15, 0.2) is 0 Å². The molecule has 1 unspecified atom stereocenters. The van der Waals surface area contributed by atoms with Crippen LogP contribution in [0.3, 0.4) is 0 Å². The Bertz CT molecular complexity index is 681. The lowest BCUT2D eigenvalue weighted by atomic mass is 10.0. The van der Waals surface area contributed by atoms with Crippen LogP contribution in [-0.2, 0) is 14.4 Å². The number of aromatic nitrogens is 1.